The van der Waals surface area contributed by atoms with Gasteiger partial charge in [0.05, 0.1) is 17.1 Å². The summed E-state index contributed by atoms with van der Waals surface area (Å²) in [5.74, 6) is 0.839. The zero-order chi connectivity index (χ0) is 15.5. The van der Waals surface area contributed by atoms with Crippen molar-refractivity contribution in [3.8, 4) is 0 Å². The van der Waals surface area contributed by atoms with Gasteiger partial charge >= 0.3 is 0 Å². The van der Waals surface area contributed by atoms with E-state index in [0.29, 0.717) is 0 Å². The summed E-state index contributed by atoms with van der Waals surface area (Å²) in [4.78, 5) is 16.8. The van der Waals surface area contributed by atoms with Crippen LogP contribution in [0.15, 0.2) is 54.6 Å². The van der Waals surface area contributed by atoms with Gasteiger partial charge in [0.25, 0.3) is 0 Å². The van der Waals surface area contributed by atoms with E-state index < -0.39 is 0 Å². The molecule has 1 aromatic heterocycles. The Bertz CT molecular complexity index is 792. The standard InChI is InChI=1S/C18H19N3O/c1-13(15-8-4-3-5-9-15)19-18(22)12-21-14(2)20-16-10-6-7-11-17(16)21/h3-11,13H,12H2,1-2H3,(H,19,22)/t13-/m1/s1. The van der Waals surface area contributed by atoms with E-state index >= 15 is 0 Å². The lowest BCUT2D eigenvalue weighted by atomic mass is 10.1. The minimum atomic E-state index is -0.0115. The average molecular weight is 293 g/mol. The van der Waals surface area contributed by atoms with E-state index in [4.69, 9.17) is 0 Å². The maximum Gasteiger partial charge on any atom is 0.240 e. The number of imidazole rings is 1. The molecule has 22 heavy (non-hydrogen) atoms. The Morgan fingerprint density at radius 2 is 1.82 bits per heavy atom. The van der Waals surface area contributed by atoms with Gasteiger partial charge in [-0.3, -0.25) is 4.79 Å². The molecule has 0 bridgehead atoms. The van der Waals surface area contributed by atoms with Crippen LogP contribution in [0.25, 0.3) is 11.0 Å². The van der Waals surface area contributed by atoms with Crippen molar-refractivity contribution in [2.45, 2.75) is 26.4 Å². The summed E-state index contributed by atoms with van der Waals surface area (Å²) < 4.78 is 1.95. The Hall–Kier alpha value is -2.62. The first-order valence-electron chi connectivity index (χ1n) is 7.41. The number of rotatable bonds is 4. The van der Waals surface area contributed by atoms with Crippen LogP contribution in [0.2, 0.25) is 0 Å². The molecule has 1 heterocycles. The highest BCUT2D eigenvalue weighted by molar-refractivity contribution is 5.81. The van der Waals surface area contributed by atoms with E-state index in [1.165, 1.54) is 0 Å². The fourth-order valence-electron chi connectivity index (χ4n) is 2.65. The average Bonchev–Trinajstić information content (AvgIpc) is 2.84. The molecule has 112 valence electrons. The zero-order valence-electron chi connectivity index (χ0n) is 12.8. The molecule has 0 radical (unpaired) electrons. The van der Waals surface area contributed by atoms with Crippen LogP contribution in [-0.2, 0) is 11.3 Å². The number of amides is 1. The van der Waals surface area contributed by atoms with Gasteiger partial charge in [-0.15, -0.1) is 0 Å². The molecule has 0 aliphatic rings. The van der Waals surface area contributed by atoms with Crippen LogP contribution < -0.4 is 5.32 Å². The van der Waals surface area contributed by atoms with E-state index in [1.54, 1.807) is 0 Å². The van der Waals surface area contributed by atoms with Crippen molar-refractivity contribution < 1.29 is 4.79 Å². The summed E-state index contributed by atoms with van der Waals surface area (Å²) in [6.45, 7) is 4.20. The van der Waals surface area contributed by atoms with E-state index in [2.05, 4.69) is 10.3 Å². The Balaban J connectivity index is 1.75. The van der Waals surface area contributed by atoms with Crippen LogP contribution in [-0.4, -0.2) is 15.5 Å². The number of hydrogen-bond donors (Lipinski definition) is 1. The molecule has 2 aromatic carbocycles. The summed E-state index contributed by atoms with van der Waals surface area (Å²) >= 11 is 0. The molecular weight excluding hydrogens is 274 g/mol. The minimum Gasteiger partial charge on any atom is -0.348 e. The molecular formula is C18H19N3O. The van der Waals surface area contributed by atoms with Crippen LogP contribution in [0.3, 0.4) is 0 Å². The second-order valence-electron chi connectivity index (χ2n) is 5.43. The zero-order valence-corrected chi connectivity index (χ0v) is 12.8. The van der Waals surface area contributed by atoms with Crippen molar-refractivity contribution in [2.24, 2.45) is 0 Å². The summed E-state index contributed by atoms with van der Waals surface area (Å²) in [6.07, 6.45) is 0. The monoisotopic (exact) mass is 293 g/mol. The Labute approximate surface area is 129 Å². The van der Waals surface area contributed by atoms with E-state index in [9.17, 15) is 4.79 Å². The van der Waals surface area contributed by atoms with Gasteiger partial charge in [0.2, 0.25) is 5.91 Å². The Morgan fingerprint density at radius 1 is 1.14 bits per heavy atom. The van der Waals surface area contributed by atoms with Crippen molar-refractivity contribution in [3.63, 3.8) is 0 Å². The molecule has 4 heteroatoms. The third-order valence-corrected chi connectivity index (χ3v) is 3.82. The molecule has 0 spiro atoms. The number of benzene rings is 2. The van der Waals surface area contributed by atoms with Crippen LogP contribution in [0, 0.1) is 6.92 Å². The molecule has 3 rings (SSSR count). The van der Waals surface area contributed by atoms with E-state index in [0.717, 1.165) is 22.4 Å². The number of fused-ring (bicyclic) bond motifs is 1. The summed E-state index contributed by atoms with van der Waals surface area (Å²) in [5.41, 5.74) is 3.01. The van der Waals surface area contributed by atoms with Crippen LogP contribution in [0.4, 0.5) is 0 Å². The molecule has 0 saturated carbocycles. The van der Waals surface area contributed by atoms with E-state index in [1.807, 2.05) is 73.0 Å². The van der Waals surface area contributed by atoms with Gasteiger partial charge in [0.1, 0.15) is 12.4 Å². The highest BCUT2D eigenvalue weighted by Gasteiger charge is 2.13. The number of hydrogen-bond acceptors (Lipinski definition) is 2. The quantitative estimate of drug-likeness (QED) is 0.803. The van der Waals surface area contributed by atoms with Crippen molar-refractivity contribution in [1.82, 2.24) is 14.9 Å². The van der Waals surface area contributed by atoms with Gasteiger partial charge in [-0.25, -0.2) is 4.98 Å². The first-order chi connectivity index (χ1) is 10.6. The lowest BCUT2D eigenvalue weighted by Gasteiger charge is -2.15. The lowest BCUT2D eigenvalue weighted by Crippen LogP contribution is -2.30. The Morgan fingerprint density at radius 3 is 2.59 bits per heavy atom. The van der Waals surface area contributed by atoms with E-state index in [-0.39, 0.29) is 18.5 Å². The molecule has 0 fully saturated rings. The first kappa shape index (κ1) is 14.3. The number of para-hydroxylation sites is 2. The number of nitrogens with one attached hydrogen (secondary N) is 1. The van der Waals surface area contributed by atoms with Gasteiger partial charge < -0.3 is 9.88 Å². The number of nitrogens with zero attached hydrogens (tertiary/aromatic N) is 2. The third-order valence-electron chi connectivity index (χ3n) is 3.82. The molecule has 0 unspecified atom stereocenters. The molecule has 3 aromatic rings. The number of aromatic nitrogens is 2. The molecule has 0 saturated heterocycles. The molecule has 0 aliphatic heterocycles. The first-order valence-corrected chi connectivity index (χ1v) is 7.41. The third kappa shape index (κ3) is 2.86. The van der Waals surface area contributed by atoms with Gasteiger partial charge in [-0.2, -0.15) is 0 Å². The largest absolute Gasteiger partial charge is 0.348 e. The van der Waals surface area contributed by atoms with Crippen LogP contribution >= 0.6 is 0 Å². The highest BCUT2D eigenvalue weighted by Crippen LogP contribution is 2.16. The summed E-state index contributed by atoms with van der Waals surface area (Å²) in [5, 5.41) is 3.04. The number of carbonyl (C=O) groups excluding carboxylic acids is 1. The topological polar surface area (TPSA) is 46.9 Å². The second-order valence-corrected chi connectivity index (χ2v) is 5.43. The Kier molecular flexibility index (Phi) is 3.92. The van der Waals surface area contributed by atoms with Gasteiger partial charge in [-0.1, -0.05) is 42.5 Å². The lowest BCUT2D eigenvalue weighted by molar-refractivity contribution is -0.122. The van der Waals surface area contributed by atoms with Gasteiger partial charge in [-0.05, 0) is 31.5 Å². The molecule has 1 N–H and O–H groups in total. The fourth-order valence-corrected chi connectivity index (χ4v) is 2.65. The number of aryl methyl sites for hydroxylation is 1. The predicted molar refractivity (Wildman–Crippen MR) is 87.5 cm³/mol. The molecule has 1 amide bonds. The normalized spacial score (nSPS) is 12.3. The number of carbonyl (C=O) groups is 1. The van der Waals surface area contributed by atoms with Crippen molar-refractivity contribution in [1.29, 1.82) is 0 Å². The molecule has 4 nitrogen and oxygen atoms in total. The van der Waals surface area contributed by atoms with Crippen molar-refractivity contribution in [3.05, 3.63) is 66.0 Å². The molecule has 1 atom stereocenters. The minimum absolute atomic E-state index is 0.0104. The SMILES string of the molecule is Cc1nc2ccccc2n1CC(=O)N[C@H](C)c1ccccc1. The van der Waals surface area contributed by atoms with Crippen LogP contribution in [0.5, 0.6) is 0 Å². The highest BCUT2D eigenvalue weighted by atomic mass is 16.2. The smallest absolute Gasteiger partial charge is 0.240 e. The van der Waals surface area contributed by atoms with Crippen LogP contribution in [0.1, 0.15) is 24.4 Å². The van der Waals surface area contributed by atoms with Gasteiger partial charge in [0, 0.05) is 0 Å². The maximum absolute atomic E-state index is 12.3. The predicted octanol–water partition coefficient (Wildman–Crippen LogP) is 3.22. The summed E-state index contributed by atoms with van der Waals surface area (Å²) in [6, 6.07) is 17.8. The fraction of sp³-hybridized carbons (Fsp3) is 0.222. The molecule has 0 aliphatic carbocycles. The van der Waals surface area contributed by atoms with Crippen molar-refractivity contribution >= 4 is 16.9 Å². The summed E-state index contributed by atoms with van der Waals surface area (Å²) in [7, 11) is 0. The van der Waals surface area contributed by atoms with Crippen molar-refractivity contribution in [2.75, 3.05) is 0 Å². The van der Waals surface area contributed by atoms with Gasteiger partial charge in [0.15, 0.2) is 0 Å². The second kappa shape index (κ2) is 6.02. The maximum atomic E-state index is 12.3.